The van der Waals surface area contributed by atoms with Gasteiger partial charge in [0.1, 0.15) is 12.3 Å². The average Bonchev–Trinajstić information content (AvgIpc) is 2.45. The van der Waals surface area contributed by atoms with Crippen molar-refractivity contribution in [2.45, 2.75) is 19.9 Å². The molecule has 1 heterocycles. The molecule has 0 bridgehead atoms. The van der Waals surface area contributed by atoms with Gasteiger partial charge in [-0.1, -0.05) is 22.9 Å². The Balaban J connectivity index is 2.12. The third-order valence-electron chi connectivity index (χ3n) is 3.45. The van der Waals surface area contributed by atoms with Gasteiger partial charge in [-0.3, -0.25) is 9.59 Å². The minimum absolute atomic E-state index is 0.00501. The smallest absolute Gasteiger partial charge is 0.242 e. The van der Waals surface area contributed by atoms with Gasteiger partial charge >= 0.3 is 0 Å². The fourth-order valence-electron chi connectivity index (χ4n) is 2.40. The zero-order valence-electron chi connectivity index (χ0n) is 12.3. The Hall–Kier alpha value is -1.56. The molecule has 1 fully saturated rings. The van der Waals surface area contributed by atoms with Crippen LogP contribution < -0.4 is 4.74 Å². The van der Waals surface area contributed by atoms with E-state index in [4.69, 9.17) is 4.74 Å². The van der Waals surface area contributed by atoms with Crippen molar-refractivity contribution in [2.24, 2.45) is 0 Å². The molecule has 5 nitrogen and oxygen atoms in total. The monoisotopic (exact) mass is 354 g/mol. The maximum atomic E-state index is 12.2. The van der Waals surface area contributed by atoms with Gasteiger partial charge in [0.25, 0.3) is 0 Å². The third kappa shape index (κ3) is 3.75. The third-order valence-corrected chi connectivity index (χ3v) is 3.95. The van der Waals surface area contributed by atoms with Crippen LogP contribution in [-0.4, -0.2) is 48.4 Å². The van der Waals surface area contributed by atoms with E-state index in [-0.39, 0.29) is 24.9 Å². The molecule has 6 heteroatoms. The van der Waals surface area contributed by atoms with Crippen LogP contribution in [0.3, 0.4) is 0 Å². The normalized spacial score (nSPS) is 15.6. The Labute approximate surface area is 133 Å². The van der Waals surface area contributed by atoms with E-state index < -0.39 is 0 Å². The number of hydrogen-bond donors (Lipinski definition) is 0. The first-order valence-corrected chi connectivity index (χ1v) is 7.72. The molecular formula is C15H19BrN2O3. The Morgan fingerprint density at radius 1 is 1.19 bits per heavy atom. The van der Waals surface area contributed by atoms with Gasteiger partial charge in [0, 0.05) is 23.1 Å². The topological polar surface area (TPSA) is 49.9 Å². The van der Waals surface area contributed by atoms with Crippen LogP contribution in [0, 0.1) is 0 Å². The van der Waals surface area contributed by atoms with E-state index in [2.05, 4.69) is 15.9 Å². The first kappa shape index (κ1) is 15.8. The summed E-state index contributed by atoms with van der Waals surface area (Å²) >= 11 is 3.41. The molecule has 0 unspecified atom stereocenters. The number of amides is 2. The second-order valence-corrected chi connectivity index (χ2v) is 5.94. The highest BCUT2D eigenvalue weighted by Crippen LogP contribution is 2.25. The van der Waals surface area contributed by atoms with Gasteiger partial charge < -0.3 is 14.5 Å². The Bertz CT molecular complexity index is 548. The lowest BCUT2D eigenvalue weighted by molar-refractivity contribution is -0.150. The van der Waals surface area contributed by atoms with Crippen molar-refractivity contribution >= 4 is 27.7 Å². The van der Waals surface area contributed by atoms with Crippen LogP contribution in [0.5, 0.6) is 5.75 Å². The van der Waals surface area contributed by atoms with E-state index in [1.165, 1.54) is 0 Å². The molecule has 0 aromatic heterocycles. The van der Waals surface area contributed by atoms with E-state index in [9.17, 15) is 9.59 Å². The minimum atomic E-state index is -0.0231. The molecule has 0 aliphatic carbocycles. The summed E-state index contributed by atoms with van der Waals surface area (Å²) in [5, 5.41) is 0. The molecule has 1 aromatic carbocycles. The SMILES string of the molecule is CCCN1CC(=O)N(Cc2cc(Br)ccc2OC)CC1=O. The lowest BCUT2D eigenvalue weighted by Crippen LogP contribution is -2.53. The van der Waals surface area contributed by atoms with Crippen LogP contribution in [-0.2, 0) is 16.1 Å². The van der Waals surface area contributed by atoms with Crippen LogP contribution in [0.15, 0.2) is 22.7 Å². The molecule has 0 atom stereocenters. The molecule has 0 N–H and O–H groups in total. The fourth-order valence-corrected chi connectivity index (χ4v) is 2.81. The van der Waals surface area contributed by atoms with Gasteiger partial charge in [-0.25, -0.2) is 0 Å². The van der Waals surface area contributed by atoms with E-state index in [0.29, 0.717) is 13.1 Å². The van der Waals surface area contributed by atoms with E-state index in [0.717, 1.165) is 22.2 Å². The van der Waals surface area contributed by atoms with Gasteiger partial charge in [-0.2, -0.15) is 0 Å². The quantitative estimate of drug-likeness (QED) is 0.812. The number of carbonyl (C=O) groups is 2. The van der Waals surface area contributed by atoms with Crippen molar-refractivity contribution in [1.82, 2.24) is 9.80 Å². The van der Waals surface area contributed by atoms with Crippen molar-refractivity contribution in [1.29, 1.82) is 0 Å². The van der Waals surface area contributed by atoms with Gasteiger partial charge in [0.2, 0.25) is 11.8 Å². The van der Waals surface area contributed by atoms with Crippen LogP contribution in [0.4, 0.5) is 0 Å². The summed E-state index contributed by atoms with van der Waals surface area (Å²) in [6.07, 6.45) is 0.860. The Morgan fingerprint density at radius 2 is 1.86 bits per heavy atom. The summed E-state index contributed by atoms with van der Waals surface area (Å²) in [5.41, 5.74) is 0.886. The fraction of sp³-hybridized carbons (Fsp3) is 0.467. The number of hydrogen-bond acceptors (Lipinski definition) is 3. The standard InChI is InChI=1S/C15H19BrN2O3/c1-3-6-17-9-15(20)18(10-14(17)19)8-11-7-12(16)4-5-13(11)21-2/h4-5,7H,3,6,8-10H2,1-2H3. The van der Waals surface area contributed by atoms with Crippen LogP contribution in [0.25, 0.3) is 0 Å². The molecule has 0 saturated carbocycles. The molecule has 0 spiro atoms. The average molecular weight is 355 g/mol. The van der Waals surface area contributed by atoms with Crippen molar-refractivity contribution in [3.05, 3.63) is 28.2 Å². The summed E-state index contributed by atoms with van der Waals surface area (Å²) in [7, 11) is 1.60. The second kappa shape index (κ2) is 6.93. The maximum Gasteiger partial charge on any atom is 0.242 e. The predicted molar refractivity (Wildman–Crippen MR) is 83.0 cm³/mol. The molecule has 21 heavy (non-hydrogen) atoms. The molecule has 1 aliphatic rings. The van der Waals surface area contributed by atoms with Crippen LogP contribution in [0.2, 0.25) is 0 Å². The summed E-state index contributed by atoms with van der Waals surface area (Å²) in [6, 6.07) is 5.64. The molecule has 0 radical (unpaired) electrons. The Kier molecular flexibility index (Phi) is 5.22. The Morgan fingerprint density at radius 3 is 2.52 bits per heavy atom. The summed E-state index contributed by atoms with van der Waals surface area (Å²) in [5.74, 6) is 0.699. The summed E-state index contributed by atoms with van der Waals surface area (Å²) in [4.78, 5) is 27.4. The van der Waals surface area contributed by atoms with Crippen molar-refractivity contribution in [3.63, 3.8) is 0 Å². The van der Waals surface area contributed by atoms with E-state index >= 15 is 0 Å². The largest absolute Gasteiger partial charge is 0.496 e. The molecule has 1 aliphatic heterocycles. The number of nitrogens with zero attached hydrogens (tertiary/aromatic N) is 2. The molecular weight excluding hydrogens is 336 g/mol. The lowest BCUT2D eigenvalue weighted by atomic mass is 10.1. The van der Waals surface area contributed by atoms with Gasteiger partial charge in [0.05, 0.1) is 13.7 Å². The van der Waals surface area contributed by atoms with Gasteiger partial charge in [-0.05, 0) is 24.6 Å². The van der Waals surface area contributed by atoms with Crippen LogP contribution >= 0.6 is 15.9 Å². The minimum Gasteiger partial charge on any atom is -0.496 e. The van der Waals surface area contributed by atoms with Crippen molar-refractivity contribution in [2.75, 3.05) is 26.7 Å². The number of ether oxygens (including phenoxy) is 1. The number of piperazine rings is 1. The highest BCUT2D eigenvalue weighted by molar-refractivity contribution is 9.10. The summed E-state index contributed by atoms with van der Waals surface area (Å²) in [6.45, 7) is 3.32. The van der Waals surface area contributed by atoms with Crippen LogP contribution in [0.1, 0.15) is 18.9 Å². The molecule has 1 aromatic rings. The number of carbonyl (C=O) groups excluding carboxylic acids is 2. The highest BCUT2D eigenvalue weighted by Gasteiger charge is 2.29. The van der Waals surface area contributed by atoms with Gasteiger partial charge in [0.15, 0.2) is 0 Å². The summed E-state index contributed by atoms with van der Waals surface area (Å²) < 4.78 is 6.23. The zero-order chi connectivity index (χ0) is 15.4. The molecule has 2 amide bonds. The predicted octanol–water partition coefficient (Wildman–Crippen LogP) is 2.04. The van der Waals surface area contributed by atoms with Crippen molar-refractivity contribution < 1.29 is 14.3 Å². The molecule has 1 saturated heterocycles. The van der Waals surface area contributed by atoms with E-state index in [1.54, 1.807) is 16.9 Å². The maximum absolute atomic E-state index is 12.2. The molecule has 114 valence electrons. The first-order chi connectivity index (χ1) is 10.0. The number of halogens is 1. The van der Waals surface area contributed by atoms with Gasteiger partial charge in [-0.15, -0.1) is 0 Å². The number of methoxy groups -OCH3 is 1. The number of benzene rings is 1. The first-order valence-electron chi connectivity index (χ1n) is 6.93. The zero-order valence-corrected chi connectivity index (χ0v) is 13.9. The second-order valence-electron chi connectivity index (χ2n) is 5.02. The highest BCUT2D eigenvalue weighted by atomic mass is 79.9. The lowest BCUT2D eigenvalue weighted by Gasteiger charge is -2.34. The number of rotatable bonds is 5. The molecule has 2 rings (SSSR count). The van der Waals surface area contributed by atoms with Crippen molar-refractivity contribution in [3.8, 4) is 5.75 Å². The van der Waals surface area contributed by atoms with E-state index in [1.807, 2.05) is 25.1 Å².